The van der Waals surface area contributed by atoms with E-state index >= 15 is 0 Å². The molecule has 0 atom stereocenters. The molecule has 0 amide bonds. The average Bonchev–Trinajstić information content (AvgIpc) is 2.00. The van der Waals surface area contributed by atoms with Crippen LogP contribution >= 0.6 is 0 Å². The van der Waals surface area contributed by atoms with E-state index in [0.29, 0.717) is 11.5 Å². The number of nitrogens with zero attached hydrogens (tertiary/aromatic N) is 4. The number of rotatable bonds is 1. The van der Waals surface area contributed by atoms with Crippen LogP contribution in [0.1, 0.15) is 17.9 Å². The van der Waals surface area contributed by atoms with Crippen LogP contribution in [0.25, 0.3) is 0 Å². The van der Waals surface area contributed by atoms with Crippen molar-refractivity contribution in [3.05, 3.63) is 17.6 Å². The maximum atomic E-state index is 8.70. The van der Waals surface area contributed by atoms with Crippen molar-refractivity contribution in [1.29, 1.82) is 5.26 Å². The van der Waals surface area contributed by atoms with Crippen LogP contribution in [0, 0.1) is 18.3 Å². The van der Waals surface area contributed by atoms with Gasteiger partial charge in [-0.1, -0.05) is 0 Å². The number of aryl methyl sites for hydroxylation is 1. The molecule has 4 heteroatoms. The van der Waals surface area contributed by atoms with Crippen LogP contribution < -0.4 is 4.90 Å². The van der Waals surface area contributed by atoms with Gasteiger partial charge in [0.05, 0.1) is 0 Å². The molecule has 0 bridgehead atoms. The van der Waals surface area contributed by atoms with Crippen molar-refractivity contribution < 1.29 is 0 Å². The molecule has 4 nitrogen and oxygen atoms in total. The fraction of sp³-hybridized carbons (Fsp3) is 0.444. The van der Waals surface area contributed by atoms with Crippen LogP contribution in [0.4, 0.5) is 5.82 Å². The fourth-order valence-corrected chi connectivity index (χ4v) is 1.32. The van der Waals surface area contributed by atoms with Gasteiger partial charge >= 0.3 is 0 Å². The summed E-state index contributed by atoms with van der Waals surface area (Å²) in [5.74, 6) is 1.55. The molecule has 0 spiro atoms. The van der Waals surface area contributed by atoms with E-state index in [9.17, 15) is 0 Å². The van der Waals surface area contributed by atoms with Gasteiger partial charge in [-0.15, -0.1) is 0 Å². The molecule has 1 aromatic heterocycles. The molecule has 1 aliphatic heterocycles. The smallest absolute Gasteiger partial charge is 0.146 e. The third kappa shape index (κ3) is 1.45. The molecule has 1 fully saturated rings. The molecule has 0 saturated carbocycles. The summed E-state index contributed by atoms with van der Waals surface area (Å²) in [5.41, 5.74) is 0.453. The van der Waals surface area contributed by atoms with E-state index in [2.05, 4.69) is 14.9 Å². The zero-order valence-electron chi connectivity index (χ0n) is 7.49. The van der Waals surface area contributed by atoms with Crippen molar-refractivity contribution in [2.75, 3.05) is 18.0 Å². The highest BCUT2D eigenvalue weighted by molar-refractivity contribution is 5.44. The Kier molecular flexibility index (Phi) is 1.85. The summed E-state index contributed by atoms with van der Waals surface area (Å²) in [6.45, 7) is 3.90. The van der Waals surface area contributed by atoms with Crippen molar-refractivity contribution in [2.45, 2.75) is 13.3 Å². The van der Waals surface area contributed by atoms with E-state index in [-0.39, 0.29) is 0 Å². The zero-order chi connectivity index (χ0) is 9.26. The second-order valence-corrected chi connectivity index (χ2v) is 3.11. The molecular formula is C9H10N4. The average molecular weight is 174 g/mol. The second-order valence-electron chi connectivity index (χ2n) is 3.11. The summed E-state index contributed by atoms with van der Waals surface area (Å²) in [7, 11) is 0. The van der Waals surface area contributed by atoms with Crippen molar-refractivity contribution in [3.8, 4) is 6.07 Å². The predicted molar refractivity (Wildman–Crippen MR) is 48.3 cm³/mol. The molecular weight excluding hydrogens is 164 g/mol. The Labute approximate surface area is 76.8 Å². The Bertz CT molecular complexity index is 362. The molecule has 1 aliphatic rings. The molecule has 2 rings (SSSR count). The Morgan fingerprint density at radius 1 is 1.46 bits per heavy atom. The summed E-state index contributed by atoms with van der Waals surface area (Å²) >= 11 is 0. The lowest BCUT2D eigenvalue weighted by atomic mass is 10.2. The molecule has 0 aromatic carbocycles. The van der Waals surface area contributed by atoms with E-state index in [1.54, 1.807) is 6.07 Å². The molecule has 2 heterocycles. The van der Waals surface area contributed by atoms with Gasteiger partial charge in [0.2, 0.25) is 0 Å². The quantitative estimate of drug-likeness (QED) is 0.633. The van der Waals surface area contributed by atoms with Crippen LogP contribution in [-0.4, -0.2) is 23.1 Å². The van der Waals surface area contributed by atoms with Crippen LogP contribution in [0.15, 0.2) is 6.07 Å². The molecule has 0 N–H and O–H groups in total. The fourth-order valence-electron chi connectivity index (χ4n) is 1.32. The van der Waals surface area contributed by atoms with Crippen molar-refractivity contribution in [3.63, 3.8) is 0 Å². The Morgan fingerprint density at radius 2 is 2.23 bits per heavy atom. The number of hydrogen-bond acceptors (Lipinski definition) is 4. The number of nitriles is 1. The van der Waals surface area contributed by atoms with Crippen LogP contribution in [-0.2, 0) is 0 Å². The molecule has 0 unspecified atom stereocenters. The van der Waals surface area contributed by atoms with Crippen molar-refractivity contribution in [1.82, 2.24) is 9.97 Å². The van der Waals surface area contributed by atoms with Gasteiger partial charge in [-0.2, -0.15) is 5.26 Å². The van der Waals surface area contributed by atoms with Gasteiger partial charge in [0.15, 0.2) is 0 Å². The highest BCUT2D eigenvalue weighted by Crippen LogP contribution is 2.18. The lowest BCUT2D eigenvalue weighted by Crippen LogP contribution is -2.37. The highest BCUT2D eigenvalue weighted by Gasteiger charge is 2.16. The number of hydrogen-bond donors (Lipinski definition) is 0. The summed E-state index contributed by atoms with van der Waals surface area (Å²) < 4.78 is 0. The van der Waals surface area contributed by atoms with Crippen molar-refractivity contribution in [2.24, 2.45) is 0 Å². The molecule has 0 radical (unpaired) electrons. The van der Waals surface area contributed by atoms with Gasteiger partial charge in [-0.3, -0.25) is 0 Å². The predicted octanol–water partition coefficient (Wildman–Crippen LogP) is 0.867. The third-order valence-electron chi connectivity index (χ3n) is 2.12. The maximum absolute atomic E-state index is 8.70. The molecule has 1 aromatic rings. The normalized spacial score (nSPS) is 14.9. The Balaban J connectivity index is 2.35. The third-order valence-corrected chi connectivity index (χ3v) is 2.12. The molecule has 66 valence electrons. The molecule has 13 heavy (non-hydrogen) atoms. The first kappa shape index (κ1) is 7.99. The van der Waals surface area contributed by atoms with Crippen LogP contribution in [0.5, 0.6) is 0 Å². The van der Waals surface area contributed by atoms with E-state index in [4.69, 9.17) is 5.26 Å². The monoisotopic (exact) mass is 174 g/mol. The highest BCUT2D eigenvalue weighted by atomic mass is 15.2. The SMILES string of the molecule is Cc1nc(C#N)cc(N2CCC2)n1. The Morgan fingerprint density at radius 3 is 2.77 bits per heavy atom. The summed E-state index contributed by atoms with van der Waals surface area (Å²) in [5, 5.41) is 8.70. The van der Waals surface area contributed by atoms with E-state index in [0.717, 1.165) is 18.9 Å². The lowest BCUT2D eigenvalue weighted by molar-refractivity contribution is 0.607. The van der Waals surface area contributed by atoms with Gasteiger partial charge in [-0.25, -0.2) is 9.97 Å². The topological polar surface area (TPSA) is 52.8 Å². The van der Waals surface area contributed by atoms with E-state index < -0.39 is 0 Å². The largest absolute Gasteiger partial charge is 0.356 e. The van der Waals surface area contributed by atoms with Crippen LogP contribution in [0.3, 0.4) is 0 Å². The summed E-state index contributed by atoms with van der Waals surface area (Å²) in [6, 6.07) is 3.78. The first-order chi connectivity index (χ1) is 6.29. The van der Waals surface area contributed by atoms with Gasteiger partial charge in [0, 0.05) is 19.2 Å². The lowest BCUT2D eigenvalue weighted by Gasteiger charge is -2.31. The summed E-state index contributed by atoms with van der Waals surface area (Å²) in [6.07, 6.45) is 1.21. The maximum Gasteiger partial charge on any atom is 0.146 e. The molecule has 0 aliphatic carbocycles. The van der Waals surface area contributed by atoms with Gasteiger partial charge < -0.3 is 4.90 Å². The van der Waals surface area contributed by atoms with E-state index in [1.807, 2.05) is 13.0 Å². The minimum absolute atomic E-state index is 0.453. The first-order valence-electron chi connectivity index (χ1n) is 4.30. The standard InChI is InChI=1S/C9H10N4/c1-7-11-8(6-10)5-9(12-7)13-3-2-4-13/h5H,2-4H2,1H3. The van der Waals surface area contributed by atoms with E-state index in [1.165, 1.54) is 6.42 Å². The van der Waals surface area contributed by atoms with Crippen LogP contribution in [0.2, 0.25) is 0 Å². The minimum Gasteiger partial charge on any atom is -0.356 e. The second kappa shape index (κ2) is 3.02. The first-order valence-corrected chi connectivity index (χ1v) is 4.30. The zero-order valence-corrected chi connectivity index (χ0v) is 7.49. The van der Waals surface area contributed by atoms with Gasteiger partial charge in [0.25, 0.3) is 0 Å². The summed E-state index contributed by atoms with van der Waals surface area (Å²) in [4.78, 5) is 10.4. The molecule has 1 saturated heterocycles. The Hall–Kier alpha value is -1.63. The van der Waals surface area contributed by atoms with Gasteiger partial charge in [0.1, 0.15) is 23.4 Å². The van der Waals surface area contributed by atoms with Crippen molar-refractivity contribution >= 4 is 5.82 Å². The number of anilines is 1. The van der Waals surface area contributed by atoms with Gasteiger partial charge in [-0.05, 0) is 13.3 Å². The minimum atomic E-state index is 0.453. The number of aromatic nitrogens is 2.